The Labute approximate surface area is 245 Å². The van der Waals surface area contributed by atoms with E-state index < -0.39 is 0 Å². The van der Waals surface area contributed by atoms with Crippen LogP contribution in [0.5, 0.6) is 0 Å². The van der Waals surface area contributed by atoms with Crippen LogP contribution in [0.15, 0.2) is 164 Å². The van der Waals surface area contributed by atoms with Gasteiger partial charge >= 0.3 is 0 Å². The molecule has 0 bridgehead atoms. The summed E-state index contributed by atoms with van der Waals surface area (Å²) in [7, 11) is 0. The smallest absolute Gasteiger partial charge is 0.0886 e. The molecule has 3 aromatic heterocycles. The summed E-state index contributed by atoms with van der Waals surface area (Å²) in [6.07, 6.45) is 3.82. The van der Waals surface area contributed by atoms with E-state index in [1.54, 1.807) is 0 Å². The molecule has 3 heterocycles. The molecule has 7 aromatic rings. The van der Waals surface area contributed by atoms with Crippen LogP contribution in [-0.2, 0) is 0 Å². The molecule has 42 heavy (non-hydrogen) atoms. The SMILES string of the molecule is c1ccc(-c2ccc(-c3ccc(-c4ccc(-c5cc(-c6ccccc6)cc(-c6ccccc6)n5)cc4)cn3)nc2)cc1. The van der Waals surface area contributed by atoms with Crippen molar-refractivity contribution in [3.05, 3.63) is 164 Å². The number of nitrogens with zero attached hydrogens (tertiary/aromatic N) is 3. The molecule has 198 valence electrons. The number of hydrogen-bond acceptors (Lipinski definition) is 3. The summed E-state index contributed by atoms with van der Waals surface area (Å²) in [6.45, 7) is 0. The zero-order valence-electron chi connectivity index (χ0n) is 22.9. The Hall–Kier alpha value is -5.67. The van der Waals surface area contributed by atoms with Crippen molar-refractivity contribution in [1.29, 1.82) is 0 Å². The molecule has 0 spiro atoms. The zero-order chi connectivity index (χ0) is 28.1. The highest BCUT2D eigenvalue weighted by molar-refractivity contribution is 5.78. The number of hydrogen-bond donors (Lipinski definition) is 0. The van der Waals surface area contributed by atoms with Crippen molar-refractivity contribution in [3.63, 3.8) is 0 Å². The second kappa shape index (κ2) is 11.4. The van der Waals surface area contributed by atoms with Crippen LogP contribution in [0, 0.1) is 0 Å². The predicted molar refractivity (Wildman–Crippen MR) is 172 cm³/mol. The minimum absolute atomic E-state index is 0.852. The van der Waals surface area contributed by atoms with Crippen LogP contribution in [0.25, 0.3) is 67.3 Å². The van der Waals surface area contributed by atoms with Crippen LogP contribution in [0.3, 0.4) is 0 Å². The standard InChI is InChI=1S/C39H27N3/c1-4-10-28(11-5-1)33-20-22-36(40-26-33)37-23-21-34(27-41-37)30-16-18-32(19-17-30)39-25-35(29-12-6-2-7-13-29)24-38(42-39)31-14-8-3-9-15-31/h1-27H. The monoisotopic (exact) mass is 537 g/mol. The summed E-state index contributed by atoms with van der Waals surface area (Å²) in [4.78, 5) is 14.4. The molecule has 4 aromatic carbocycles. The first-order valence-electron chi connectivity index (χ1n) is 14.0. The Balaban J connectivity index is 1.15. The maximum absolute atomic E-state index is 5.05. The van der Waals surface area contributed by atoms with Crippen molar-refractivity contribution in [2.24, 2.45) is 0 Å². The van der Waals surface area contributed by atoms with E-state index in [0.717, 1.165) is 61.7 Å². The largest absolute Gasteiger partial charge is 0.254 e. The van der Waals surface area contributed by atoms with E-state index in [1.807, 2.05) is 54.9 Å². The average Bonchev–Trinajstić information content (AvgIpc) is 3.09. The molecule has 0 aliphatic heterocycles. The fourth-order valence-electron chi connectivity index (χ4n) is 5.13. The van der Waals surface area contributed by atoms with Crippen molar-refractivity contribution in [2.45, 2.75) is 0 Å². The number of rotatable bonds is 6. The van der Waals surface area contributed by atoms with Gasteiger partial charge in [0.15, 0.2) is 0 Å². The molecule has 0 saturated carbocycles. The van der Waals surface area contributed by atoms with Gasteiger partial charge in [-0.15, -0.1) is 0 Å². The molecule has 3 nitrogen and oxygen atoms in total. The van der Waals surface area contributed by atoms with Gasteiger partial charge in [0.2, 0.25) is 0 Å². The highest BCUT2D eigenvalue weighted by Crippen LogP contribution is 2.31. The molecule has 0 aliphatic carbocycles. The maximum Gasteiger partial charge on any atom is 0.0886 e. The third-order valence-electron chi connectivity index (χ3n) is 7.41. The van der Waals surface area contributed by atoms with E-state index in [4.69, 9.17) is 9.97 Å². The van der Waals surface area contributed by atoms with Crippen LogP contribution >= 0.6 is 0 Å². The minimum atomic E-state index is 0.852. The molecule has 0 amide bonds. The van der Waals surface area contributed by atoms with Gasteiger partial charge < -0.3 is 0 Å². The Bertz CT molecular complexity index is 1860. The first kappa shape index (κ1) is 25.3. The lowest BCUT2D eigenvalue weighted by molar-refractivity contribution is 1.25. The van der Waals surface area contributed by atoms with Gasteiger partial charge in [-0.25, -0.2) is 4.98 Å². The van der Waals surface area contributed by atoms with Gasteiger partial charge in [0, 0.05) is 34.6 Å². The first-order valence-corrected chi connectivity index (χ1v) is 14.0. The van der Waals surface area contributed by atoms with Crippen molar-refractivity contribution >= 4 is 0 Å². The van der Waals surface area contributed by atoms with Crippen molar-refractivity contribution in [2.75, 3.05) is 0 Å². The molecule has 0 radical (unpaired) electrons. The van der Waals surface area contributed by atoms with Gasteiger partial charge in [-0.3, -0.25) is 9.97 Å². The van der Waals surface area contributed by atoms with E-state index in [2.05, 4.69) is 114 Å². The second-order valence-corrected chi connectivity index (χ2v) is 10.2. The van der Waals surface area contributed by atoms with Gasteiger partial charge in [-0.1, -0.05) is 127 Å². The number of benzene rings is 4. The first-order chi connectivity index (χ1) is 20.8. The van der Waals surface area contributed by atoms with E-state index in [9.17, 15) is 0 Å². The predicted octanol–water partition coefficient (Wildman–Crippen LogP) is 9.87. The van der Waals surface area contributed by atoms with E-state index in [-0.39, 0.29) is 0 Å². The van der Waals surface area contributed by atoms with Crippen LogP contribution in [0.4, 0.5) is 0 Å². The molecular formula is C39H27N3. The lowest BCUT2D eigenvalue weighted by Crippen LogP contribution is -1.91. The van der Waals surface area contributed by atoms with Gasteiger partial charge in [0.25, 0.3) is 0 Å². The Morgan fingerprint density at radius 1 is 0.262 bits per heavy atom. The van der Waals surface area contributed by atoms with E-state index in [1.165, 1.54) is 5.56 Å². The van der Waals surface area contributed by atoms with Crippen LogP contribution in [0.1, 0.15) is 0 Å². The fourth-order valence-corrected chi connectivity index (χ4v) is 5.13. The van der Waals surface area contributed by atoms with E-state index >= 15 is 0 Å². The zero-order valence-corrected chi connectivity index (χ0v) is 22.9. The summed E-state index contributed by atoms with van der Waals surface area (Å²) < 4.78 is 0. The molecule has 0 unspecified atom stereocenters. The Kier molecular flexibility index (Phi) is 6.89. The fraction of sp³-hybridized carbons (Fsp3) is 0. The molecule has 0 aliphatic rings. The highest BCUT2D eigenvalue weighted by Gasteiger charge is 2.10. The topological polar surface area (TPSA) is 38.7 Å². The van der Waals surface area contributed by atoms with Crippen molar-refractivity contribution in [3.8, 4) is 67.3 Å². The molecule has 0 N–H and O–H groups in total. The molecule has 0 fully saturated rings. The third-order valence-corrected chi connectivity index (χ3v) is 7.41. The second-order valence-electron chi connectivity index (χ2n) is 10.2. The summed E-state index contributed by atoms with van der Waals surface area (Å²) in [5.74, 6) is 0. The van der Waals surface area contributed by atoms with Crippen molar-refractivity contribution in [1.82, 2.24) is 15.0 Å². The van der Waals surface area contributed by atoms with Gasteiger partial charge in [0.1, 0.15) is 0 Å². The summed E-state index contributed by atoms with van der Waals surface area (Å²) in [5, 5.41) is 0. The van der Waals surface area contributed by atoms with Crippen LogP contribution in [0.2, 0.25) is 0 Å². The highest BCUT2D eigenvalue weighted by atomic mass is 14.8. The van der Waals surface area contributed by atoms with Gasteiger partial charge in [-0.05, 0) is 46.5 Å². The lowest BCUT2D eigenvalue weighted by Gasteiger charge is -2.11. The summed E-state index contributed by atoms with van der Waals surface area (Å²) in [5.41, 5.74) is 12.5. The lowest BCUT2D eigenvalue weighted by atomic mass is 9.99. The van der Waals surface area contributed by atoms with Crippen molar-refractivity contribution < 1.29 is 0 Å². The maximum atomic E-state index is 5.05. The Morgan fingerprint density at radius 2 is 0.619 bits per heavy atom. The van der Waals surface area contributed by atoms with Crippen LogP contribution in [-0.4, -0.2) is 15.0 Å². The van der Waals surface area contributed by atoms with E-state index in [0.29, 0.717) is 0 Å². The number of aromatic nitrogens is 3. The average molecular weight is 538 g/mol. The normalized spacial score (nSPS) is 10.9. The third kappa shape index (κ3) is 5.36. The molecule has 3 heteroatoms. The summed E-state index contributed by atoms with van der Waals surface area (Å²) >= 11 is 0. The minimum Gasteiger partial charge on any atom is -0.254 e. The van der Waals surface area contributed by atoms with Gasteiger partial charge in [-0.2, -0.15) is 0 Å². The quantitative estimate of drug-likeness (QED) is 0.212. The molecule has 7 rings (SSSR count). The molecular weight excluding hydrogens is 510 g/mol. The summed E-state index contributed by atoms with van der Waals surface area (Å²) in [6, 6.07) is 52.2. The molecule has 0 atom stereocenters. The van der Waals surface area contributed by atoms with Crippen LogP contribution < -0.4 is 0 Å². The van der Waals surface area contributed by atoms with Gasteiger partial charge in [0.05, 0.1) is 22.8 Å². The number of pyridine rings is 3. The Morgan fingerprint density at radius 3 is 1.07 bits per heavy atom. The molecule has 0 saturated heterocycles.